The van der Waals surface area contributed by atoms with E-state index in [2.05, 4.69) is 70.6 Å². The van der Waals surface area contributed by atoms with E-state index in [4.69, 9.17) is 0 Å². The Morgan fingerprint density at radius 3 is 1.91 bits per heavy atom. The van der Waals surface area contributed by atoms with Gasteiger partial charge in [0.05, 0.1) is 11.0 Å². The molecule has 0 saturated heterocycles. The summed E-state index contributed by atoms with van der Waals surface area (Å²) in [5.74, 6) is 0. The SMILES string of the molecule is c1ccc(-c2ccccc2-c2ccc3nccnc3c2)cc1. The fourth-order valence-electron chi connectivity index (χ4n) is 2.74. The lowest BCUT2D eigenvalue weighted by molar-refractivity contribution is 1.29. The molecule has 1 heterocycles. The Morgan fingerprint density at radius 2 is 1.14 bits per heavy atom. The smallest absolute Gasteiger partial charge is 0.0892 e. The summed E-state index contributed by atoms with van der Waals surface area (Å²) in [6.45, 7) is 0. The van der Waals surface area contributed by atoms with Crippen molar-refractivity contribution < 1.29 is 0 Å². The van der Waals surface area contributed by atoms with Crippen molar-refractivity contribution in [1.29, 1.82) is 0 Å². The van der Waals surface area contributed by atoms with E-state index in [1.807, 2.05) is 12.1 Å². The van der Waals surface area contributed by atoms with Crippen molar-refractivity contribution in [3.63, 3.8) is 0 Å². The van der Waals surface area contributed by atoms with Crippen LogP contribution in [-0.4, -0.2) is 9.97 Å². The Kier molecular flexibility index (Phi) is 3.13. The van der Waals surface area contributed by atoms with Gasteiger partial charge in [0.1, 0.15) is 0 Å². The molecule has 22 heavy (non-hydrogen) atoms. The molecule has 0 unspecified atom stereocenters. The molecule has 104 valence electrons. The molecule has 0 fully saturated rings. The van der Waals surface area contributed by atoms with E-state index in [0.29, 0.717) is 0 Å². The first-order valence-electron chi connectivity index (χ1n) is 7.27. The molecule has 0 spiro atoms. The van der Waals surface area contributed by atoms with E-state index in [0.717, 1.165) is 16.6 Å². The van der Waals surface area contributed by atoms with Crippen LogP contribution in [0.3, 0.4) is 0 Å². The molecule has 2 nitrogen and oxygen atoms in total. The zero-order valence-electron chi connectivity index (χ0n) is 12.0. The fraction of sp³-hybridized carbons (Fsp3) is 0. The highest BCUT2D eigenvalue weighted by molar-refractivity contribution is 5.88. The predicted molar refractivity (Wildman–Crippen MR) is 90.4 cm³/mol. The maximum Gasteiger partial charge on any atom is 0.0892 e. The van der Waals surface area contributed by atoms with Crippen LogP contribution < -0.4 is 0 Å². The van der Waals surface area contributed by atoms with Gasteiger partial charge in [-0.05, 0) is 34.4 Å². The second kappa shape index (κ2) is 5.41. The Balaban J connectivity index is 1.92. The van der Waals surface area contributed by atoms with Gasteiger partial charge in [-0.3, -0.25) is 9.97 Å². The molecule has 2 heteroatoms. The summed E-state index contributed by atoms with van der Waals surface area (Å²) >= 11 is 0. The molecule has 0 bridgehead atoms. The standard InChI is InChI=1S/C20H14N2/c1-2-6-15(7-3-1)17-8-4-5-9-18(17)16-10-11-19-20(14-16)22-13-12-21-19/h1-14H. The van der Waals surface area contributed by atoms with Gasteiger partial charge in [0.15, 0.2) is 0 Å². The van der Waals surface area contributed by atoms with E-state index in [-0.39, 0.29) is 0 Å². The Hall–Kier alpha value is -3.00. The van der Waals surface area contributed by atoms with Gasteiger partial charge in [0, 0.05) is 12.4 Å². The second-order valence-electron chi connectivity index (χ2n) is 5.17. The molecular weight excluding hydrogens is 268 g/mol. The molecule has 0 saturated carbocycles. The van der Waals surface area contributed by atoms with E-state index < -0.39 is 0 Å². The lowest BCUT2D eigenvalue weighted by atomic mass is 9.94. The first-order valence-corrected chi connectivity index (χ1v) is 7.27. The number of benzene rings is 3. The van der Waals surface area contributed by atoms with E-state index in [1.54, 1.807) is 12.4 Å². The molecular formula is C20H14N2. The Morgan fingerprint density at radius 1 is 0.500 bits per heavy atom. The van der Waals surface area contributed by atoms with Gasteiger partial charge in [-0.2, -0.15) is 0 Å². The number of rotatable bonds is 2. The summed E-state index contributed by atoms with van der Waals surface area (Å²) in [7, 11) is 0. The average molecular weight is 282 g/mol. The van der Waals surface area contributed by atoms with Crippen LogP contribution in [0.1, 0.15) is 0 Å². The predicted octanol–water partition coefficient (Wildman–Crippen LogP) is 4.96. The molecule has 0 N–H and O–H groups in total. The zero-order chi connectivity index (χ0) is 14.8. The van der Waals surface area contributed by atoms with Crippen molar-refractivity contribution in [2.45, 2.75) is 0 Å². The second-order valence-corrected chi connectivity index (χ2v) is 5.17. The first-order chi connectivity index (χ1) is 10.9. The Labute approximate surface area is 129 Å². The van der Waals surface area contributed by atoms with Gasteiger partial charge in [0.2, 0.25) is 0 Å². The van der Waals surface area contributed by atoms with Crippen LogP contribution >= 0.6 is 0 Å². The molecule has 0 radical (unpaired) electrons. The van der Waals surface area contributed by atoms with Crippen molar-refractivity contribution >= 4 is 11.0 Å². The lowest BCUT2D eigenvalue weighted by Gasteiger charge is -2.10. The molecule has 4 rings (SSSR count). The minimum absolute atomic E-state index is 0.919. The van der Waals surface area contributed by atoms with E-state index >= 15 is 0 Å². The summed E-state index contributed by atoms with van der Waals surface area (Å²) in [4.78, 5) is 8.74. The third-order valence-corrected chi connectivity index (χ3v) is 3.79. The Bertz CT molecular complexity index is 930. The summed E-state index contributed by atoms with van der Waals surface area (Å²) in [6, 6.07) is 25.1. The van der Waals surface area contributed by atoms with Crippen molar-refractivity contribution in [2.75, 3.05) is 0 Å². The van der Waals surface area contributed by atoms with Gasteiger partial charge < -0.3 is 0 Å². The zero-order valence-corrected chi connectivity index (χ0v) is 12.0. The molecule has 3 aromatic carbocycles. The molecule has 0 aliphatic carbocycles. The fourth-order valence-corrected chi connectivity index (χ4v) is 2.74. The minimum atomic E-state index is 0.919. The maximum absolute atomic E-state index is 4.41. The van der Waals surface area contributed by atoms with Gasteiger partial charge in [-0.25, -0.2) is 0 Å². The van der Waals surface area contributed by atoms with Crippen molar-refractivity contribution in [2.24, 2.45) is 0 Å². The third-order valence-electron chi connectivity index (χ3n) is 3.79. The van der Waals surface area contributed by atoms with Crippen LogP contribution in [0.5, 0.6) is 0 Å². The van der Waals surface area contributed by atoms with Gasteiger partial charge in [-0.15, -0.1) is 0 Å². The van der Waals surface area contributed by atoms with Crippen LogP contribution in [0.15, 0.2) is 85.2 Å². The number of hydrogen-bond donors (Lipinski definition) is 0. The highest BCUT2D eigenvalue weighted by atomic mass is 14.8. The highest BCUT2D eigenvalue weighted by Gasteiger charge is 2.07. The molecule has 0 aliphatic heterocycles. The van der Waals surface area contributed by atoms with Crippen LogP contribution in [0, 0.1) is 0 Å². The summed E-state index contributed by atoms with van der Waals surface area (Å²) < 4.78 is 0. The van der Waals surface area contributed by atoms with Crippen LogP contribution in [0.4, 0.5) is 0 Å². The molecule has 0 aliphatic rings. The summed E-state index contributed by atoms with van der Waals surface area (Å²) in [6.07, 6.45) is 3.45. The number of hydrogen-bond acceptors (Lipinski definition) is 2. The molecule has 0 amide bonds. The average Bonchev–Trinajstić information content (AvgIpc) is 2.62. The lowest BCUT2D eigenvalue weighted by Crippen LogP contribution is -1.87. The number of nitrogens with zero attached hydrogens (tertiary/aromatic N) is 2. The van der Waals surface area contributed by atoms with E-state index in [1.165, 1.54) is 16.7 Å². The van der Waals surface area contributed by atoms with Crippen molar-refractivity contribution in [3.8, 4) is 22.3 Å². The van der Waals surface area contributed by atoms with Crippen molar-refractivity contribution in [1.82, 2.24) is 9.97 Å². The number of aromatic nitrogens is 2. The van der Waals surface area contributed by atoms with Crippen LogP contribution in [0.2, 0.25) is 0 Å². The van der Waals surface area contributed by atoms with Gasteiger partial charge in [-0.1, -0.05) is 60.7 Å². The molecule has 4 aromatic rings. The van der Waals surface area contributed by atoms with Gasteiger partial charge >= 0.3 is 0 Å². The summed E-state index contributed by atoms with van der Waals surface area (Å²) in [5, 5.41) is 0. The number of fused-ring (bicyclic) bond motifs is 1. The largest absolute Gasteiger partial charge is 0.253 e. The highest BCUT2D eigenvalue weighted by Crippen LogP contribution is 2.32. The van der Waals surface area contributed by atoms with Gasteiger partial charge in [0.25, 0.3) is 0 Å². The normalized spacial score (nSPS) is 10.7. The molecule has 1 aromatic heterocycles. The monoisotopic (exact) mass is 282 g/mol. The van der Waals surface area contributed by atoms with Crippen LogP contribution in [-0.2, 0) is 0 Å². The quantitative estimate of drug-likeness (QED) is 0.519. The third kappa shape index (κ3) is 2.25. The topological polar surface area (TPSA) is 25.8 Å². The van der Waals surface area contributed by atoms with Crippen molar-refractivity contribution in [3.05, 3.63) is 85.2 Å². The molecule has 0 atom stereocenters. The minimum Gasteiger partial charge on any atom is -0.253 e. The van der Waals surface area contributed by atoms with Crippen LogP contribution in [0.25, 0.3) is 33.3 Å². The van der Waals surface area contributed by atoms with E-state index in [9.17, 15) is 0 Å². The maximum atomic E-state index is 4.41. The first kappa shape index (κ1) is 12.7. The summed E-state index contributed by atoms with van der Waals surface area (Å²) in [5.41, 5.74) is 6.66.